The third kappa shape index (κ3) is 5.30. The molecule has 5 nitrogen and oxygen atoms in total. The van der Waals surface area contributed by atoms with E-state index in [9.17, 15) is 9.59 Å². The third-order valence-electron chi connectivity index (χ3n) is 5.04. The molecule has 5 heteroatoms. The Balaban J connectivity index is 1.89. The Hall–Kier alpha value is -1.88. The summed E-state index contributed by atoms with van der Waals surface area (Å²) in [5.74, 6) is -0.649. The van der Waals surface area contributed by atoms with Gasteiger partial charge in [0.05, 0.1) is 5.41 Å². The van der Waals surface area contributed by atoms with Gasteiger partial charge in [0.25, 0.3) is 0 Å². The van der Waals surface area contributed by atoms with Gasteiger partial charge in [-0.3, -0.25) is 9.59 Å². The van der Waals surface area contributed by atoms with Gasteiger partial charge in [0, 0.05) is 26.2 Å². The normalized spacial score (nSPS) is 16.4. The number of amides is 1. The van der Waals surface area contributed by atoms with Crippen molar-refractivity contribution in [3.05, 3.63) is 35.4 Å². The lowest BCUT2D eigenvalue weighted by atomic mass is 9.72. The van der Waals surface area contributed by atoms with Gasteiger partial charge in [-0.05, 0) is 43.7 Å². The Labute approximate surface area is 149 Å². The lowest BCUT2D eigenvalue weighted by Crippen LogP contribution is -2.48. The molecule has 0 aromatic heterocycles. The fourth-order valence-corrected chi connectivity index (χ4v) is 3.57. The van der Waals surface area contributed by atoms with E-state index >= 15 is 0 Å². The van der Waals surface area contributed by atoms with Crippen LogP contribution in [0.25, 0.3) is 0 Å². The molecule has 0 spiro atoms. The monoisotopic (exact) mass is 347 g/mol. The van der Waals surface area contributed by atoms with Gasteiger partial charge in [-0.25, -0.2) is 0 Å². The van der Waals surface area contributed by atoms with Crippen LogP contribution >= 0.6 is 0 Å². The summed E-state index contributed by atoms with van der Waals surface area (Å²) in [7, 11) is 0. The van der Waals surface area contributed by atoms with E-state index in [1.54, 1.807) is 0 Å². The van der Waals surface area contributed by atoms with Crippen LogP contribution in [0.15, 0.2) is 24.3 Å². The van der Waals surface area contributed by atoms with Gasteiger partial charge in [0.2, 0.25) is 5.91 Å². The Kier molecular flexibility index (Phi) is 7.44. The maximum Gasteiger partial charge on any atom is 0.303 e. The molecule has 0 atom stereocenters. The summed E-state index contributed by atoms with van der Waals surface area (Å²) >= 11 is 0. The number of aliphatic carboxylic acids is 1. The second-order valence-electron chi connectivity index (χ2n) is 6.82. The number of benzene rings is 1. The number of carbonyl (C=O) groups is 2. The molecule has 2 N–H and O–H groups in total. The predicted molar refractivity (Wildman–Crippen MR) is 96.6 cm³/mol. The molecule has 138 valence electrons. The van der Waals surface area contributed by atoms with E-state index in [0.29, 0.717) is 39.0 Å². The molecule has 0 aliphatic carbocycles. The van der Waals surface area contributed by atoms with Crippen molar-refractivity contribution in [2.75, 3.05) is 19.8 Å². The van der Waals surface area contributed by atoms with E-state index in [1.807, 2.05) is 12.1 Å². The molecule has 2 rings (SSSR count). The van der Waals surface area contributed by atoms with Gasteiger partial charge in [0.1, 0.15) is 0 Å². The molecule has 1 saturated heterocycles. The van der Waals surface area contributed by atoms with E-state index < -0.39 is 11.4 Å². The molecule has 0 unspecified atom stereocenters. The minimum absolute atomic E-state index is 0.0932. The smallest absolute Gasteiger partial charge is 0.303 e. The Morgan fingerprint density at radius 2 is 1.80 bits per heavy atom. The molecule has 25 heavy (non-hydrogen) atoms. The van der Waals surface area contributed by atoms with Crippen LogP contribution in [0, 0.1) is 6.92 Å². The Bertz CT molecular complexity index is 579. The van der Waals surface area contributed by atoms with Crippen molar-refractivity contribution in [1.82, 2.24) is 5.32 Å². The molecule has 1 heterocycles. The van der Waals surface area contributed by atoms with Gasteiger partial charge in [-0.2, -0.15) is 0 Å². The number of carbonyl (C=O) groups excluding carboxylic acids is 1. The quantitative estimate of drug-likeness (QED) is 0.673. The summed E-state index contributed by atoms with van der Waals surface area (Å²) in [5, 5.41) is 11.7. The second kappa shape index (κ2) is 9.56. The van der Waals surface area contributed by atoms with Crippen molar-refractivity contribution in [2.24, 2.45) is 0 Å². The van der Waals surface area contributed by atoms with Crippen LogP contribution in [0.3, 0.4) is 0 Å². The van der Waals surface area contributed by atoms with Gasteiger partial charge >= 0.3 is 5.97 Å². The summed E-state index contributed by atoms with van der Waals surface area (Å²) < 4.78 is 5.50. The number of nitrogens with one attached hydrogen (secondary N) is 1. The molecule has 1 aliphatic heterocycles. The highest BCUT2D eigenvalue weighted by atomic mass is 16.5. The number of carboxylic acids is 1. The van der Waals surface area contributed by atoms with E-state index in [2.05, 4.69) is 24.4 Å². The predicted octanol–water partition coefficient (Wildman–Crippen LogP) is 3.19. The zero-order chi connectivity index (χ0) is 18.1. The first-order chi connectivity index (χ1) is 12.1. The minimum atomic E-state index is -0.743. The van der Waals surface area contributed by atoms with Crippen LogP contribution < -0.4 is 5.32 Å². The number of unbranched alkanes of at least 4 members (excludes halogenated alkanes) is 3. The first-order valence-corrected chi connectivity index (χ1v) is 9.20. The summed E-state index contributed by atoms with van der Waals surface area (Å²) in [4.78, 5) is 23.5. The van der Waals surface area contributed by atoms with Crippen molar-refractivity contribution in [3.63, 3.8) is 0 Å². The van der Waals surface area contributed by atoms with Gasteiger partial charge in [-0.1, -0.05) is 37.1 Å². The molecule has 1 amide bonds. The van der Waals surface area contributed by atoms with E-state index in [-0.39, 0.29) is 12.3 Å². The van der Waals surface area contributed by atoms with Crippen LogP contribution in [0.5, 0.6) is 0 Å². The van der Waals surface area contributed by atoms with Crippen LogP contribution in [0.2, 0.25) is 0 Å². The van der Waals surface area contributed by atoms with Crippen LogP contribution in [0.4, 0.5) is 0 Å². The van der Waals surface area contributed by atoms with Gasteiger partial charge in [0.15, 0.2) is 0 Å². The fraction of sp³-hybridized carbons (Fsp3) is 0.600. The number of ether oxygens (including phenoxy) is 1. The number of hydrogen-bond acceptors (Lipinski definition) is 3. The molecule has 0 radical (unpaired) electrons. The first-order valence-electron chi connectivity index (χ1n) is 9.20. The maximum absolute atomic E-state index is 13.0. The lowest BCUT2D eigenvalue weighted by molar-refractivity contribution is -0.137. The second-order valence-corrected chi connectivity index (χ2v) is 6.82. The molecule has 1 fully saturated rings. The van der Waals surface area contributed by atoms with Crippen molar-refractivity contribution in [3.8, 4) is 0 Å². The summed E-state index contributed by atoms with van der Waals surface area (Å²) in [5.41, 5.74) is 1.76. The average molecular weight is 347 g/mol. The van der Waals surface area contributed by atoms with Gasteiger partial charge in [-0.15, -0.1) is 0 Å². The van der Waals surface area contributed by atoms with Crippen molar-refractivity contribution in [1.29, 1.82) is 0 Å². The standard InChI is InChI=1S/C20H29NO4/c1-16-8-5-6-9-17(16)20(11-14-25-15-12-20)19(24)21-13-7-3-2-4-10-18(22)23/h5-6,8-9H,2-4,7,10-15H2,1H3,(H,21,24)(H,22,23). The topological polar surface area (TPSA) is 75.6 Å². The molecule has 1 aliphatic rings. The van der Waals surface area contributed by atoms with Gasteiger partial charge < -0.3 is 15.2 Å². The first kappa shape index (κ1) is 19.4. The number of hydrogen-bond donors (Lipinski definition) is 2. The summed E-state index contributed by atoms with van der Waals surface area (Å²) in [6.45, 7) is 3.91. The Morgan fingerprint density at radius 1 is 1.12 bits per heavy atom. The molecule has 0 saturated carbocycles. The van der Waals surface area contributed by atoms with Crippen LogP contribution in [-0.2, 0) is 19.7 Å². The van der Waals surface area contributed by atoms with Crippen molar-refractivity contribution in [2.45, 2.75) is 57.3 Å². The number of aryl methyl sites for hydroxylation is 1. The van der Waals surface area contributed by atoms with Crippen molar-refractivity contribution >= 4 is 11.9 Å². The molecule has 1 aromatic carbocycles. The van der Waals surface area contributed by atoms with Crippen molar-refractivity contribution < 1.29 is 19.4 Å². The van der Waals surface area contributed by atoms with Crippen LogP contribution in [-0.4, -0.2) is 36.7 Å². The zero-order valence-corrected chi connectivity index (χ0v) is 15.1. The number of carboxylic acid groups (broad SMARTS) is 1. The highest BCUT2D eigenvalue weighted by molar-refractivity contribution is 5.88. The highest BCUT2D eigenvalue weighted by Crippen LogP contribution is 2.36. The summed E-state index contributed by atoms with van der Waals surface area (Å²) in [6, 6.07) is 8.12. The Morgan fingerprint density at radius 3 is 2.48 bits per heavy atom. The van der Waals surface area contributed by atoms with Crippen LogP contribution in [0.1, 0.15) is 56.1 Å². The largest absolute Gasteiger partial charge is 0.481 e. The fourth-order valence-electron chi connectivity index (χ4n) is 3.57. The SMILES string of the molecule is Cc1ccccc1C1(C(=O)NCCCCCCC(=O)O)CCOCC1. The van der Waals surface area contributed by atoms with E-state index in [4.69, 9.17) is 9.84 Å². The molecular weight excluding hydrogens is 318 g/mol. The maximum atomic E-state index is 13.0. The van der Waals surface area contributed by atoms with E-state index in [0.717, 1.165) is 30.4 Å². The average Bonchev–Trinajstić information content (AvgIpc) is 2.61. The van der Waals surface area contributed by atoms with E-state index in [1.165, 1.54) is 0 Å². The number of rotatable bonds is 9. The molecular formula is C20H29NO4. The molecule has 0 bridgehead atoms. The highest BCUT2D eigenvalue weighted by Gasteiger charge is 2.42. The minimum Gasteiger partial charge on any atom is -0.481 e. The zero-order valence-electron chi connectivity index (χ0n) is 15.1. The lowest BCUT2D eigenvalue weighted by Gasteiger charge is -2.37. The summed E-state index contributed by atoms with van der Waals surface area (Å²) in [6.07, 6.45) is 5.06. The molecule has 1 aromatic rings. The third-order valence-corrected chi connectivity index (χ3v) is 5.04.